The molecule has 2 saturated heterocycles. The Balaban J connectivity index is 1.58. The Morgan fingerprint density at radius 1 is 1.17 bits per heavy atom. The predicted octanol–water partition coefficient (Wildman–Crippen LogP) is 2.99. The molecule has 2 amide bonds. The second-order valence-electron chi connectivity index (χ2n) is 9.88. The van der Waals surface area contributed by atoms with Crippen molar-refractivity contribution in [2.24, 2.45) is 0 Å². The Hall–Kier alpha value is -1.77. The van der Waals surface area contributed by atoms with Crippen LogP contribution in [-0.4, -0.2) is 60.0 Å². The van der Waals surface area contributed by atoms with Crippen LogP contribution in [0.2, 0.25) is 5.02 Å². The maximum atomic E-state index is 12.6. The molecule has 2 fully saturated rings. The first-order valence-electron chi connectivity index (χ1n) is 10.1. The van der Waals surface area contributed by atoms with Gasteiger partial charge in [-0.05, 0) is 66.1 Å². The topological polar surface area (TPSA) is 77.1 Å². The SMILES string of the molecule is CC(C)(C)OC(=O)N1CC(NC(=O)c2ccc(B3OC(C)(C)C(C)(C)O3)cc2Cl)C1. The zero-order valence-electron chi connectivity index (χ0n) is 18.7. The number of nitrogens with one attached hydrogen (secondary N) is 1. The quantitative estimate of drug-likeness (QED) is 0.737. The molecule has 0 unspecified atom stereocenters. The molecule has 1 N–H and O–H groups in total. The molecule has 7 nitrogen and oxygen atoms in total. The van der Waals surface area contributed by atoms with Crippen molar-refractivity contribution in [2.75, 3.05) is 13.1 Å². The highest BCUT2D eigenvalue weighted by molar-refractivity contribution is 6.62. The Labute approximate surface area is 183 Å². The van der Waals surface area contributed by atoms with Crippen LogP contribution in [0, 0.1) is 0 Å². The van der Waals surface area contributed by atoms with Gasteiger partial charge >= 0.3 is 13.2 Å². The third-order valence-electron chi connectivity index (χ3n) is 5.63. The average Bonchev–Trinajstić information content (AvgIpc) is 2.76. The summed E-state index contributed by atoms with van der Waals surface area (Å²) in [4.78, 5) is 26.2. The summed E-state index contributed by atoms with van der Waals surface area (Å²) in [5.41, 5.74) is -0.324. The number of ether oxygens (including phenoxy) is 1. The fourth-order valence-electron chi connectivity index (χ4n) is 3.15. The molecule has 0 atom stereocenters. The summed E-state index contributed by atoms with van der Waals surface area (Å²) in [5.74, 6) is -0.283. The van der Waals surface area contributed by atoms with Crippen LogP contribution in [0.1, 0.15) is 58.8 Å². The van der Waals surface area contributed by atoms with Crippen molar-refractivity contribution in [1.82, 2.24) is 10.2 Å². The van der Waals surface area contributed by atoms with Crippen molar-refractivity contribution in [2.45, 2.75) is 71.3 Å². The van der Waals surface area contributed by atoms with Gasteiger partial charge < -0.3 is 24.3 Å². The molecule has 164 valence electrons. The molecule has 30 heavy (non-hydrogen) atoms. The van der Waals surface area contributed by atoms with Crippen molar-refractivity contribution >= 4 is 36.2 Å². The van der Waals surface area contributed by atoms with E-state index in [0.29, 0.717) is 23.7 Å². The van der Waals surface area contributed by atoms with E-state index < -0.39 is 23.9 Å². The molecule has 9 heteroatoms. The summed E-state index contributed by atoms with van der Waals surface area (Å²) in [6, 6.07) is 5.02. The monoisotopic (exact) mass is 436 g/mol. The van der Waals surface area contributed by atoms with Gasteiger partial charge in [0, 0.05) is 13.1 Å². The Morgan fingerprint density at radius 3 is 2.23 bits per heavy atom. The molecule has 0 aromatic heterocycles. The van der Waals surface area contributed by atoms with Crippen molar-refractivity contribution in [3.05, 3.63) is 28.8 Å². The molecule has 2 aliphatic rings. The third kappa shape index (κ3) is 4.76. The first kappa shape index (κ1) is 22.9. The van der Waals surface area contributed by atoms with Crippen molar-refractivity contribution < 1.29 is 23.6 Å². The average molecular weight is 437 g/mol. The summed E-state index contributed by atoms with van der Waals surface area (Å²) in [6.45, 7) is 14.2. The summed E-state index contributed by atoms with van der Waals surface area (Å²) in [6.07, 6.45) is -0.377. The van der Waals surface area contributed by atoms with Gasteiger partial charge in [0.2, 0.25) is 0 Å². The minimum absolute atomic E-state index is 0.135. The molecule has 0 bridgehead atoms. The number of hydrogen-bond acceptors (Lipinski definition) is 5. The molecule has 0 radical (unpaired) electrons. The summed E-state index contributed by atoms with van der Waals surface area (Å²) < 4.78 is 17.4. The number of carbonyl (C=O) groups excluding carboxylic acids is 2. The van der Waals surface area contributed by atoms with Crippen LogP contribution in [0.4, 0.5) is 4.79 Å². The van der Waals surface area contributed by atoms with Gasteiger partial charge in [0.05, 0.1) is 27.8 Å². The molecule has 3 rings (SSSR count). The fraction of sp³-hybridized carbons (Fsp3) is 0.619. The van der Waals surface area contributed by atoms with Crippen LogP contribution in [0.15, 0.2) is 18.2 Å². The lowest BCUT2D eigenvalue weighted by molar-refractivity contribution is 0.00533. The van der Waals surface area contributed by atoms with Crippen molar-refractivity contribution in [3.63, 3.8) is 0 Å². The predicted molar refractivity (Wildman–Crippen MR) is 116 cm³/mol. The molecule has 2 aliphatic heterocycles. The highest BCUT2D eigenvalue weighted by Gasteiger charge is 2.51. The Bertz CT molecular complexity index is 830. The van der Waals surface area contributed by atoms with E-state index in [9.17, 15) is 9.59 Å². The highest BCUT2D eigenvalue weighted by Crippen LogP contribution is 2.36. The molecular formula is C21H30BClN2O5. The first-order chi connectivity index (χ1) is 13.7. The van der Waals surface area contributed by atoms with Crippen molar-refractivity contribution in [1.29, 1.82) is 0 Å². The van der Waals surface area contributed by atoms with Gasteiger partial charge in [-0.1, -0.05) is 17.7 Å². The zero-order valence-corrected chi connectivity index (χ0v) is 19.4. The molecule has 0 aliphatic carbocycles. The minimum Gasteiger partial charge on any atom is -0.444 e. The van der Waals surface area contributed by atoms with E-state index >= 15 is 0 Å². The van der Waals surface area contributed by atoms with Crippen LogP contribution >= 0.6 is 11.6 Å². The van der Waals surface area contributed by atoms with Gasteiger partial charge in [0.1, 0.15) is 5.60 Å². The number of carbonyl (C=O) groups is 2. The van der Waals surface area contributed by atoms with Gasteiger partial charge in [0.15, 0.2) is 0 Å². The van der Waals surface area contributed by atoms with E-state index in [1.165, 1.54) is 0 Å². The Kier molecular flexibility index (Phi) is 5.91. The maximum Gasteiger partial charge on any atom is 0.494 e. The summed E-state index contributed by atoms with van der Waals surface area (Å²) in [7, 11) is -0.543. The van der Waals surface area contributed by atoms with E-state index in [1.807, 2.05) is 48.5 Å². The van der Waals surface area contributed by atoms with Crippen LogP contribution in [0.3, 0.4) is 0 Å². The van der Waals surface area contributed by atoms with Gasteiger partial charge in [-0.25, -0.2) is 4.79 Å². The highest BCUT2D eigenvalue weighted by atomic mass is 35.5. The third-order valence-corrected chi connectivity index (χ3v) is 5.94. The summed E-state index contributed by atoms with van der Waals surface area (Å²) in [5, 5.41) is 3.22. The second-order valence-corrected chi connectivity index (χ2v) is 10.3. The lowest BCUT2D eigenvalue weighted by atomic mass is 9.79. The zero-order chi connectivity index (χ0) is 22.5. The van der Waals surface area contributed by atoms with Crippen LogP contribution in [-0.2, 0) is 14.0 Å². The molecular weight excluding hydrogens is 407 g/mol. The Morgan fingerprint density at radius 2 is 1.73 bits per heavy atom. The first-order valence-corrected chi connectivity index (χ1v) is 10.5. The second kappa shape index (κ2) is 7.73. The number of benzene rings is 1. The lowest BCUT2D eigenvalue weighted by Gasteiger charge is -2.40. The van der Waals surface area contributed by atoms with E-state index in [4.69, 9.17) is 25.6 Å². The fourth-order valence-corrected chi connectivity index (χ4v) is 3.42. The molecule has 1 aromatic carbocycles. The largest absolute Gasteiger partial charge is 0.494 e. The van der Waals surface area contributed by atoms with E-state index in [1.54, 1.807) is 23.1 Å². The maximum absolute atomic E-state index is 12.6. The van der Waals surface area contributed by atoms with Crippen molar-refractivity contribution in [3.8, 4) is 0 Å². The van der Waals surface area contributed by atoms with Crippen LogP contribution in [0.5, 0.6) is 0 Å². The van der Waals surface area contributed by atoms with E-state index in [2.05, 4.69) is 5.32 Å². The molecule has 2 heterocycles. The minimum atomic E-state index is -0.544. The number of rotatable bonds is 3. The number of amides is 2. The van der Waals surface area contributed by atoms with Crippen LogP contribution in [0.25, 0.3) is 0 Å². The standard InChI is InChI=1S/C21H30BClN2O5/c1-19(2,3)28-18(27)25-11-14(12-25)24-17(26)15-9-8-13(10-16(15)23)22-29-20(4,5)21(6,7)30-22/h8-10,14H,11-12H2,1-7H3,(H,24,26). The number of hydrogen-bond donors (Lipinski definition) is 1. The molecule has 1 aromatic rings. The summed E-state index contributed by atoms with van der Waals surface area (Å²) >= 11 is 6.38. The van der Waals surface area contributed by atoms with E-state index in [0.717, 1.165) is 5.46 Å². The molecule has 0 spiro atoms. The molecule has 0 saturated carbocycles. The van der Waals surface area contributed by atoms with E-state index in [-0.39, 0.29) is 18.0 Å². The van der Waals surface area contributed by atoms with Crippen LogP contribution < -0.4 is 10.8 Å². The lowest BCUT2D eigenvalue weighted by Crippen LogP contribution is -2.61. The van der Waals surface area contributed by atoms with Gasteiger partial charge in [-0.3, -0.25) is 4.79 Å². The van der Waals surface area contributed by atoms with Gasteiger partial charge in [0.25, 0.3) is 5.91 Å². The smallest absolute Gasteiger partial charge is 0.444 e. The number of likely N-dealkylation sites (tertiary alicyclic amines) is 1. The number of nitrogens with zero attached hydrogens (tertiary/aromatic N) is 1. The normalized spacial score (nSPS) is 20.7. The van der Waals surface area contributed by atoms with Gasteiger partial charge in [-0.15, -0.1) is 0 Å². The van der Waals surface area contributed by atoms with Gasteiger partial charge in [-0.2, -0.15) is 0 Å². The number of halogens is 1.